The molecule has 1 aromatic heterocycles. The van der Waals surface area contributed by atoms with E-state index >= 15 is 0 Å². The molecule has 0 aliphatic heterocycles. The predicted octanol–water partition coefficient (Wildman–Crippen LogP) is 4.45. The van der Waals surface area contributed by atoms with E-state index in [1.165, 1.54) is 21.3 Å². The van der Waals surface area contributed by atoms with Crippen LogP contribution in [-0.2, 0) is 5.41 Å². The van der Waals surface area contributed by atoms with Gasteiger partial charge in [0, 0.05) is 23.6 Å². The maximum absolute atomic E-state index is 13.2. The molecular formula is C23H27N3O4. The predicted molar refractivity (Wildman–Crippen MR) is 116 cm³/mol. The van der Waals surface area contributed by atoms with Crippen molar-refractivity contribution >= 4 is 11.7 Å². The zero-order valence-electron chi connectivity index (χ0n) is 18.1. The highest BCUT2D eigenvalue weighted by Crippen LogP contribution is 2.35. The van der Waals surface area contributed by atoms with E-state index in [2.05, 4.69) is 26.1 Å². The third-order valence-electron chi connectivity index (χ3n) is 4.67. The number of benzene rings is 2. The highest BCUT2D eigenvalue weighted by Gasteiger charge is 2.23. The van der Waals surface area contributed by atoms with Crippen molar-refractivity contribution in [1.29, 1.82) is 0 Å². The van der Waals surface area contributed by atoms with Crippen LogP contribution >= 0.6 is 0 Å². The summed E-state index contributed by atoms with van der Waals surface area (Å²) >= 11 is 0. The quantitative estimate of drug-likeness (QED) is 0.651. The van der Waals surface area contributed by atoms with Gasteiger partial charge < -0.3 is 19.5 Å². The largest absolute Gasteiger partial charge is 0.496 e. The van der Waals surface area contributed by atoms with Gasteiger partial charge in [0.1, 0.15) is 11.6 Å². The van der Waals surface area contributed by atoms with E-state index in [1.807, 2.05) is 36.4 Å². The summed E-state index contributed by atoms with van der Waals surface area (Å²) in [5.74, 6) is 1.52. The Labute approximate surface area is 176 Å². The lowest BCUT2D eigenvalue weighted by Crippen LogP contribution is -2.16. The molecule has 2 aromatic carbocycles. The SMILES string of the molecule is COc1cc(OC)c(C(=O)Nc2cc(C(C)(C)C)nn2-c2ccccc2)cc1OC. The van der Waals surface area contributed by atoms with Gasteiger partial charge in [-0.1, -0.05) is 39.0 Å². The molecule has 0 radical (unpaired) electrons. The second-order valence-corrected chi connectivity index (χ2v) is 7.77. The molecule has 3 aromatic rings. The first-order valence-electron chi connectivity index (χ1n) is 9.55. The lowest BCUT2D eigenvalue weighted by molar-refractivity contribution is 0.102. The molecule has 30 heavy (non-hydrogen) atoms. The molecule has 0 aliphatic rings. The van der Waals surface area contributed by atoms with Crippen LogP contribution in [0.2, 0.25) is 0 Å². The third kappa shape index (κ3) is 4.25. The molecule has 0 saturated carbocycles. The molecule has 1 amide bonds. The van der Waals surface area contributed by atoms with Crippen molar-refractivity contribution in [2.45, 2.75) is 26.2 Å². The minimum atomic E-state index is -0.342. The number of nitrogens with zero attached hydrogens (tertiary/aromatic N) is 2. The smallest absolute Gasteiger partial charge is 0.260 e. The van der Waals surface area contributed by atoms with Gasteiger partial charge in [-0.3, -0.25) is 4.79 Å². The van der Waals surface area contributed by atoms with E-state index in [9.17, 15) is 4.79 Å². The average Bonchev–Trinajstić information content (AvgIpc) is 3.17. The number of ether oxygens (including phenoxy) is 3. The van der Waals surface area contributed by atoms with Crippen LogP contribution in [0, 0.1) is 0 Å². The Bertz CT molecular complexity index is 1040. The van der Waals surface area contributed by atoms with Gasteiger partial charge in [-0.2, -0.15) is 5.10 Å². The average molecular weight is 409 g/mol. The van der Waals surface area contributed by atoms with Crippen LogP contribution in [0.5, 0.6) is 17.2 Å². The molecule has 0 saturated heterocycles. The molecule has 0 fully saturated rings. The van der Waals surface area contributed by atoms with Crippen molar-refractivity contribution in [1.82, 2.24) is 9.78 Å². The molecule has 7 nitrogen and oxygen atoms in total. The Kier molecular flexibility index (Phi) is 6.01. The van der Waals surface area contributed by atoms with Crippen molar-refractivity contribution in [2.24, 2.45) is 0 Å². The highest BCUT2D eigenvalue weighted by molar-refractivity contribution is 6.06. The molecule has 7 heteroatoms. The van der Waals surface area contributed by atoms with Crippen LogP contribution < -0.4 is 19.5 Å². The van der Waals surface area contributed by atoms with E-state index in [4.69, 9.17) is 19.3 Å². The first-order chi connectivity index (χ1) is 14.3. The van der Waals surface area contributed by atoms with Crippen molar-refractivity contribution in [3.63, 3.8) is 0 Å². The number of nitrogens with one attached hydrogen (secondary N) is 1. The Hall–Kier alpha value is -3.48. The van der Waals surface area contributed by atoms with E-state index in [0.29, 0.717) is 28.6 Å². The topological polar surface area (TPSA) is 74.6 Å². The molecule has 158 valence electrons. The highest BCUT2D eigenvalue weighted by atomic mass is 16.5. The Morgan fingerprint density at radius 1 is 0.900 bits per heavy atom. The third-order valence-corrected chi connectivity index (χ3v) is 4.67. The zero-order chi connectivity index (χ0) is 21.9. The van der Waals surface area contributed by atoms with Gasteiger partial charge in [-0.25, -0.2) is 4.68 Å². The van der Waals surface area contributed by atoms with Gasteiger partial charge in [0.15, 0.2) is 11.5 Å². The number of para-hydroxylation sites is 1. The molecule has 0 atom stereocenters. The van der Waals surface area contributed by atoms with Crippen molar-refractivity contribution in [2.75, 3.05) is 26.6 Å². The number of aromatic nitrogens is 2. The number of carbonyl (C=O) groups is 1. The summed E-state index contributed by atoms with van der Waals surface area (Å²) in [6.07, 6.45) is 0. The maximum atomic E-state index is 13.2. The summed E-state index contributed by atoms with van der Waals surface area (Å²) in [6, 6.07) is 14.8. The number of rotatable bonds is 6. The van der Waals surface area contributed by atoms with Gasteiger partial charge in [0.25, 0.3) is 5.91 Å². The number of carbonyl (C=O) groups excluding carboxylic acids is 1. The fourth-order valence-corrected chi connectivity index (χ4v) is 2.99. The Morgan fingerprint density at radius 3 is 2.07 bits per heavy atom. The maximum Gasteiger partial charge on any atom is 0.260 e. The zero-order valence-corrected chi connectivity index (χ0v) is 18.1. The van der Waals surface area contributed by atoms with E-state index in [1.54, 1.807) is 16.8 Å². The number of methoxy groups -OCH3 is 3. The molecule has 1 heterocycles. The molecule has 0 bridgehead atoms. The van der Waals surface area contributed by atoms with Gasteiger partial charge in [-0.15, -0.1) is 0 Å². The van der Waals surface area contributed by atoms with Crippen molar-refractivity contribution < 1.29 is 19.0 Å². The second-order valence-electron chi connectivity index (χ2n) is 7.77. The van der Waals surface area contributed by atoms with Crippen LogP contribution in [0.15, 0.2) is 48.5 Å². The molecule has 0 spiro atoms. The number of amides is 1. The summed E-state index contributed by atoms with van der Waals surface area (Å²) in [5, 5.41) is 7.69. The van der Waals surface area contributed by atoms with Crippen molar-refractivity contribution in [3.8, 4) is 22.9 Å². The minimum Gasteiger partial charge on any atom is -0.496 e. The molecular weight excluding hydrogens is 382 g/mol. The van der Waals surface area contributed by atoms with E-state index in [0.717, 1.165) is 11.4 Å². The standard InChI is InChI=1S/C23H27N3O4/c1-23(2,3)20-14-21(26(25-20)15-10-8-7-9-11-15)24-22(27)16-12-18(29-5)19(30-6)13-17(16)28-4/h7-14H,1-6H3,(H,24,27). The molecule has 0 aliphatic carbocycles. The van der Waals surface area contributed by atoms with Gasteiger partial charge in [-0.05, 0) is 12.1 Å². The summed E-state index contributed by atoms with van der Waals surface area (Å²) in [4.78, 5) is 13.2. The first kappa shape index (κ1) is 21.2. The first-order valence-corrected chi connectivity index (χ1v) is 9.55. The molecule has 1 N–H and O–H groups in total. The van der Waals surface area contributed by atoms with E-state index in [-0.39, 0.29) is 11.3 Å². The summed E-state index contributed by atoms with van der Waals surface area (Å²) in [7, 11) is 4.56. The van der Waals surface area contributed by atoms with Crippen molar-refractivity contribution in [3.05, 3.63) is 59.8 Å². The van der Waals surface area contributed by atoms with Gasteiger partial charge in [0.05, 0.1) is 38.3 Å². The Morgan fingerprint density at radius 2 is 1.50 bits per heavy atom. The lowest BCUT2D eigenvalue weighted by Gasteiger charge is -2.14. The summed E-state index contributed by atoms with van der Waals surface area (Å²) < 4.78 is 17.8. The molecule has 0 unspecified atom stereocenters. The van der Waals surface area contributed by atoms with Gasteiger partial charge >= 0.3 is 0 Å². The summed E-state index contributed by atoms with van der Waals surface area (Å²) in [5.41, 5.74) is 1.86. The number of anilines is 1. The van der Waals surface area contributed by atoms with E-state index < -0.39 is 0 Å². The second kappa shape index (κ2) is 8.49. The monoisotopic (exact) mass is 409 g/mol. The minimum absolute atomic E-state index is 0.180. The fourth-order valence-electron chi connectivity index (χ4n) is 2.99. The number of hydrogen-bond donors (Lipinski definition) is 1. The van der Waals surface area contributed by atoms with Crippen LogP contribution in [0.1, 0.15) is 36.8 Å². The van der Waals surface area contributed by atoms with Crippen LogP contribution in [0.25, 0.3) is 5.69 Å². The fraction of sp³-hybridized carbons (Fsp3) is 0.304. The lowest BCUT2D eigenvalue weighted by atomic mass is 9.92. The van der Waals surface area contributed by atoms with Gasteiger partial charge in [0.2, 0.25) is 0 Å². The van der Waals surface area contributed by atoms with Crippen LogP contribution in [-0.4, -0.2) is 37.0 Å². The number of hydrogen-bond acceptors (Lipinski definition) is 5. The van der Waals surface area contributed by atoms with Crippen LogP contribution in [0.3, 0.4) is 0 Å². The molecule has 3 rings (SSSR count). The van der Waals surface area contributed by atoms with Crippen LogP contribution in [0.4, 0.5) is 5.82 Å². The normalized spacial score (nSPS) is 11.1. The summed E-state index contributed by atoms with van der Waals surface area (Å²) in [6.45, 7) is 6.23. The Balaban J connectivity index is 2.04.